The topological polar surface area (TPSA) is 34.1 Å². The number of rotatable bonds is 17. The smallest absolute Gasteiger partial charge is 0.155 e. The average molecular weight is 433 g/mol. The molecular weight excluding hydrogens is 392 g/mol. The van der Waals surface area contributed by atoms with E-state index in [2.05, 4.69) is 50.7 Å². The number of carbonyl (C=O) groups is 2. The van der Waals surface area contributed by atoms with Crippen LogP contribution in [0.5, 0.6) is 0 Å². The molecule has 0 spiro atoms. The van der Waals surface area contributed by atoms with Crippen LogP contribution in [0.2, 0.25) is 0 Å². The monoisotopic (exact) mass is 432 g/mol. The van der Waals surface area contributed by atoms with E-state index >= 15 is 0 Å². The van der Waals surface area contributed by atoms with E-state index in [-0.39, 0.29) is 5.78 Å². The summed E-state index contributed by atoms with van der Waals surface area (Å²) in [7, 11) is 9.15. The zero-order valence-corrected chi connectivity index (χ0v) is 19.2. The molecule has 0 aliphatic rings. The molecule has 0 aliphatic carbocycles. The van der Waals surface area contributed by atoms with Crippen molar-refractivity contribution in [3.63, 3.8) is 0 Å². The first-order chi connectivity index (χ1) is 12.1. The summed E-state index contributed by atoms with van der Waals surface area (Å²) in [6.45, 7) is 8.12. The van der Waals surface area contributed by atoms with Crippen LogP contribution in [-0.4, -0.2) is 80.2 Å². The summed E-state index contributed by atoms with van der Waals surface area (Å²) in [5, 5.41) is 0.784. The summed E-state index contributed by atoms with van der Waals surface area (Å²) in [4.78, 5) is 22.8. The van der Waals surface area contributed by atoms with Gasteiger partial charge in [-0.25, -0.2) is 0 Å². The van der Waals surface area contributed by atoms with Crippen molar-refractivity contribution in [3.8, 4) is 0 Å². The third-order valence-corrected chi connectivity index (χ3v) is 5.43. The fourth-order valence-electron chi connectivity index (χ4n) is 3.18. The molecule has 0 bridgehead atoms. The molecule has 0 amide bonds. The summed E-state index contributed by atoms with van der Waals surface area (Å²) < 4.78 is 2.05. The zero-order valence-electron chi connectivity index (χ0n) is 17.6. The Hall–Kier alpha value is -0.520. The number of hydrogen-bond donors (Lipinski definition) is 0. The van der Waals surface area contributed by atoms with Crippen molar-refractivity contribution in [3.05, 3.63) is 12.7 Å². The predicted molar refractivity (Wildman–Crippen MR) is 115 cm³/mol. The summed E-state index contributed by atoms with van der Waals surface area (Å²) in [6, 6.07) is 0. The van der Waals surface area contributed by atoms with Gasteiger partial charge in [0.25, 0.3) is 0 Å². The summed E-state index contributed by atoms with van der Waals surface area (Å²) >= 11 is 3.32. The van der Waals surface area contributed by atoms with E-state index in [1.807, 2.05) is 0 Å². The predicted octanol–water partition coefficient (Wildman–Crippen LogP) is 3.98. The van der Waals surface area contributed by atoms with Crippen LogP contribution < -0.4 is 0 Å². The van der Waals surface area contributed by atoms with Gasteiger partial charge >= 0.3 is 0 Å². The normalized spacial score (nSPS) is 12.2. The van der Waals surface area contributed by atoms with Gasteiger partial charge < -0.3 is 8.97 Å². The van der Waals surface area contributed by atoms with Gasteiger partial charge in [0, 0.05) is 31.0 Å². The summed E-state index contributed by atoms with van der Waals surface area (Å²) in [5.74, 6) is 0.532. The highest BCUT2D eigenvalue weighted by Crippen LogP contribution is 2.10. The number of hydrogen-bond acceptors (Lipinski definition) is 2. The van der Waals surface area contributed by atoms with Crippen LogP contribution in [0.25, 0.3) is 0 Å². The lowest BCUT2D eigenvalue weighted by Gasteiger charge is -2.33. The first-order valence-corrected chi connectivity index (χ1v) is 11.1. The molecule has 0 aromatic heterocycles. The van der Waals surface area contributed by atoms with Crippen molar-refractivity contribution >= 4 is 27.5 Å². The van der Waals surface area contributed by atoms with E-state index in [1.165, 1.54) is 25.6 Å². The molecule has 0 aromatic rings. The zero-order chi connectivity index (χ0) is 20.1. The van der Waals surface area contributed by atoms with Crippen LogP contribution >= 0.6 is 15.9 Å². The first-order valence-electron chi connectivity index (χ1n) is 9.99. The third kappa shape index (κ3) is 14.6. The van der Waals surface area contributed by atoms with Gasteiger partial charge in [-0.05, 0) is 31.8 Å². The lowest BCUT2D eigenvalue weighted by molar-refractivity contribution is -0.909. The lowest BCUT2D eigenvalue weighted by Crippen LogP contribution is -2.46. The van der Waals surface area contributed by atoms with Crippen LogP contribution in [0.3, 0.4) is 0 Å². The van der Waals surface area contributed by atoms with Gasteiger partial charge in [-0.1, -0.05) is 22.5 Å². The van der Waals surface area contributed by atoms with Crippen LogP contribution in [-0.2, 0) is 9.59 Å². The number of unbranched alkanes of at least 4 members (excludes halogenated alkanes) is 2. The molecule has 0 saturated carbocycles. The maximum absolute atomic E-state index is 11.6. The SMILES string of the molecule is C=CC(=O)CCCC[N+](C)(C)CCC[N+](C)(C)CCCCC(=O)CCBr. The van der Waals surface area contributed by atoms with Crippen molar-refractivity contribution in [1.29, 1.82) is 0 Å². The molecule has 5 heteroatoms. The van der Waals surface area contributed by atoms with Gasteiger partial charge in [0.2, 0.25) is 0 Å². The number of allylic oxidation sites excluding steroid dienone is 1. The van der Waals surface area contributed by atoms with Crippen LogP contribution in [0, 0.1) is 0 Å². The third-order valence-electron chi connectivity index (χ3n) is 5.03. The van der Waals surface area contributed by atoms with E-state index in [1.54, 1.807) is 0 Å². The van der Waals surface area contributed by atoms with Crippen molar-refractivity contribution in [2.24, 2.45) is 0 Å². The molecule has 0 unspecified atom stereocenters. The van der Waals surface area contributed by atoms with Gasteiger partial charge in [-0.3, -0.25) is 9.59 Å². The number of Topliss-reactive ketones (excluding diaryl/α,β-unsaturated/α-hetero) is 1. The molecular formula is C21H41BrN2O2+2. The molecule has 0 N–H and O–H groups in total. The van der Waals surface area contributed by atoms with Crippen molar-refractivity contribution in [1.82, 2.24) is 0 Å². The molecule has 0 saturated heterocycles. The standard InChI is InChI=1S/C21H41BrN2O2/c1-6-20(25)12-7-9-16-23(2,3)18-11-19-24(4,5)17-10-8-13-21(26)14-15-22/h6H,1,7-19H2,2-5H3/q+2. The average Bonchev–Trinajstić information content (AvgIpc) is 2.55. The highest BCUT2D eigenvalue weighted by molar-refractivity contribution is 9.09. The molecule has 26 heavy (non-hydrogen) atoms. The Morgan fingerprint density at radius 3 is 1.69 bits per heavy atom. The van der Waals surface area contributed by atoms with E-state index in [0.29, 0.717) is 18.6 Å². The Balaban J connectivity index is 3.90. The quantitative estimate of drug-likeness (QED) is 0.151. The molecule has 4 nitrogen and oxygen atoms in total. The Bertz CT molecular complexity index is 434. The largest absolute Gasteiger partial charge is 0.328 e. The van der Waals surface area contributed by atoms with Gasteiger partial charge in [0.1, 0.15) is 5.78 Å². The fourth-order valence-corrected chi connectivity index (χ4v) is 3.63. The van der Waals surface area contributed by atoms with E-state index in [0.717, 1.165) is 59.5 Å². The highest BCUT2D eigenvalue weighted by atomic mass is 79.9. The molecule has 0 radical (unpaired) electrons. The molecule has 152 valence electrons. The summed E-state index contributed by atoms with van der Waals surface area (Å²) in [6.07, 6.45) is 8.83. The van der Waals surface area contributed by atoms with E-state index < -0.39 is 0 Å². The van der Waals surface area contributed by atoms with Crippen LogP contribution in [0.1, 0.15) is 51.4 Å². The first kappa shape index (κ1) is 25.5. The second kappa shape index (κ2) is 13.6. The fraction of sp³-hybridized carbons (Fsp3) is 0.810. The molecule has 0 aliphatic heterocycles. The highest BCUT2D eigenvalue weighted by Gasteiger charge is 2.19. The second-order valence-corrected chi connectivity index (χ2v) is 9.47. The van der Waals surface area contributed by atoms with Gasteiger partial charge in [-0.2, -0.15) is 0 Å². The lowest BCUT2D eigenvalue weighted by atomic mass is 10.1. The van der Waals surface area contributed by atoms with E-state index in [4.69, 9.17) is 0 Å². The minimum atomic E-state index is 0.156. The Morgan fingerprint density at radius 2 is 1.23 bits per heavy atom. The van der Waals surface area contributed by atoms with Crippen LogP contribution in [0.4, 0.5) is 0 Å². The Morgan fingerprint density at radius 1 is 0.769 bits per heavy atom. The number of quaternary nitrogens is 2. The molecule has 0 aromatic carbocycles. The molecule has 0 fully saturated rings. The van der Waals surface area contributed by atoms with Crippen molar-refractivity contribution in [2.75, 3.05) is 59.7 Å². The molecule has 0 heterocycles. The van der Waals surface area contributed by atoms with Gasteiger partial charge in [0.15, 0.2) is 5.78 Å². The molecule has 0 rings (SSSR count). The second-order valence-electron chi connectivity index (χ2n) is 8.68. The number of nitrogens with zero attached hydrogens (tertiary/aromatic N) is 2. The number of halogens is 1. The maximum Gasteiger partial charge on any atom is 0.155 e. The van der Waals surface area contributed by atoms with E-state index in [9.17, 15) is 9.59 Å². The maximum atomic E-state index is 11.6. The Labute approximate surface area is 169 Å². The van der Waals surface area contributed by atoms with Crippen LogP contribution in [0.15, 0.2) is 12.7 Å². The van der Waals surface area contributed by atoms with Gasteiger partial charge in [-0.15, -0.1) is 0 Å². The van der Waals surface area contributed by atoms with Crippen molar-refractivity contribution < 1.29 is 18.6 Å². The summed E-state index contributed by atoms with van der Waals surface area (Å²) in [5.41, 5.74) is 0. The number of carbonyl (C=O) groups excluding carboxylic acids is 2. The minimum absolute atomic E-state index is 0.156. The van der Waals surface area contributed by atoms with Crippen molar-refractivity contribution in [2.45, 2.75) is 51.4 Å². The number of ketones is 2. The Kier molecular flexibility index (Phi) is 13.3. The molecule has 0 atom stereocenters. The minimum Gasteiger partial charge on any atom is -0.328 e. The van der Waals surface area contributed by atoms with Gasteiger partial charge in [0.05, 0.1) is 54.4 Å². The number of alkyl halides is 1.